The number of carbonyl (C=O) groups excluding carboxylic acids is 1. The van der Waals surface area contributed by atoms with E-state index in [-0.39, 0.29) is 0 Å². The normalized spacial score (nSPS) is 10.7. The Morgan fingerprint density at radius 3 is 2.36 bits per heavy atom. The Morgan fingerprint density at radius 1 is 0.840 bits per heavy atom. The Morgan fingerprint density at radius 2 is 1.56 bits per heavy atom. The third-order valence-corrected chi connectivity index (χ3v) is 3.91. The number of aromatic nitrogens is 1. The highest BCUT2D eigenvalue weighted by atomic mass is 16.5. The summed E-state index contributed by atoms with van der Waals surface area (Å²) in [5.41, 5.74) is 1.18. The molecule has 4 rings (SSSR count). The van der Waals surface area contributed by atoms with Crippen molar-refractivity contribution in [1.82, 2.24) is 4.74 Å². The van der Waals surface area contributed by atoms with Crippen molar-refractivity contribution in [1.29, 1.82) is 0 Å². The fourth-order valence-electron chi connectivity index (χ4n) is 2.74. The Labute approximate surface area is 143 Å². The number of hydrogen-bond donors (Lipinski definition) is 1. The second-order valence-corrected chi connectivity index (χ2v) is 5.59. The summed E-state index contributed by atoms with van der Waals surface area (Å²) in [6, 6.07) is 23.4. The van der Waals surface area contributed by atoms with Crippen molar-refractivity contribution in [2.45, 2.75) is 0 Å². The molecule has 0 saturated heterocycles. The lowest BCUT2D eigenvalue weighted by atomic mass is 10.1. The van der Waals surface area contributed by atoms with Gasteiger partial charge in [-0.1, -0.05) is 60.7 Å². The van der Waals surface area contributed by atoms with Crippen LogP contribution in [-0.4, -0.2) is 10.8 Å². The van der Waals surface area contributed by atoms with Crippen LogP contribution in [0.2, 0.25) is 0 Å². The molecular formula is C20H14N2O3. The van der Waals surface area contributed by atoms with Gasteiger partial charge in [0.15, 0.2) is 0 Å². The first-order chi connectivity index (χ1) is 12.2. The largest absolute Gasteiger partial charge is 0.359 e. The predicted octanol–water partition coefficient (Wildman–Crippen LogP) is 4.34. The van der Waals surface area contributed by atoms with Crippen LogP contribution in [0.5, 0.6) is 0 Å². The molecule has 0 saturated carbocycles. The molecule has 1 N–H and O–H groups in total. The number of fused-ring (bicyclic) bond motifs is 1. The van der Waals surface area contributed by atoms with Crippen LogP contribution in [0.15, 0.2) is 88.2 Å². The number of nitrogens with zero attached hydrogens (tertiary/aromatic N) is 1. The van der Waals surface area contributed by atoms with Crippen molar-refractivity contribution in [3.63, 3.8) is 0 Å². The van der Waals surface area contributed by atoms with Crippen molar-refractivity contribution < 1.29 is 9.32 Å². The second kappa shape index (κ2) is 6.13. The van der Waals surface area contributed by atoms with Gasteiger partial charge in [0.2, 0.25) is 0 Å². The van der Waals surface area contributed by atoms with E-state index in [1.54, 1.807) is 0 Å². The van der Waals surface area contributed by atoms with Crippen LogP contribution in [-0.2, 0) is 0 Å². The maximum Gasteiger partial charge on any atom is 0.359 e. The van der Waals surface area contributed by atoms with E-state index in [0.717, 1.165) is 21.1 Å². The zero-order valence-electron chi connectivity index (χ0n) is 13.2. The van der Waals surface area contributed by atoms with Gasteiger partial charge in [-0.05, 0) is 22.9 Å². The molecular weight excluding hydrogens is 316 g/mol. The predicted molar refractivity (Wildman–Crippen MR) is 96.8 cm³/mol. The van der Waals surface area contributed by atoms with Crippen LogP contribution < -0.4 is 10.9 Å². The number of benzene rings is 3. The van der Waals surface area contributed by atoms with Gasteiger partial charge < -0.3 is 9.84 Å². The summed E-state index contributed by atoms with van der Waals surface area (Å²) in [6.45, 7) is 0. The molecule has 0 radical (unpaired) electrons. The summed E-state index contributed by atoms with van der Waals surface area (Å²) in [5.74, 6) is 0. The number of rotatable bonds is 2. The van der Waals surface area contributed by atoms with Gasteiger partial charge in [0.25, 0.3) is 0 Å². The van der Waals surface area contributed by atoms with Gasteiger partial charge in [0, 0.05) is 11.3 Å². The first kappa shape index (κ1) is 15.0. The van der Waals surface area contributed by atoms with E-state index < -0.39 is 11.7 Å². The minimum atomic E-state index is -0.576. The zero-order chi connectivity index (χ0) is 17.2. The van der Waals surface area contributed by atoms with Gasteiger partial charge in [-0.25, -0.2) is 9.59 Å². The van der Waals surface area contributed by atoms with Gasteiger partial charge in [0.1, 0.15) is 5.69 Å². The van der Waals surface area contributed by atoms with Crippen molar-refractivity contribution in [3.05, 3.63) is 89.3 Å². The SMILES string of the molecule is O=C(Nc1ccc2ccccc2c1)n1oc(=O)cc1-c1ccccc1. The van der Waals surface area contributed by atoms with E-state index in [4.69, 9.17) is 4.52 Å². The van der Waals surface area contributed by atoms with Crippen molar-refractivity contribution >= 4 is 22.5 Å². The Balaban J connectivity index is 1.68. The Hall–Kier alpha value is -3.60. The lowest BCUT2D eigenvalue weighted by Gasteiger charge is -2.08. The van der Waals surface area contributed by atoms with Crippen LogP contribution in [0.1, 0.15) is 0 Å². The van der Waals surface area contributed by atoms with Gasteiger partial charge in [0.05, 0.1) is 6.07 Å². The smallest absolute Gasteiger partial charge is 0.327 e. The molecule has 0 atom stereocenters. The van der Waals surface area contributed by atoms with E-state index in [0.29, 0.717) is 11.4 Å². The van der Waals surface area contributed by atoms with E-state index in [1.165, 1.54) is 6.07 Å². The zero-order valence-corrected chi connectivity index (χ0v) is 13.2. The lowest BCUT2D eigenvalue weighted by Crippen LogP contribution is -2.19. The molecule has 5 nitrogen and oxygen atoms in total. The summed E-state index contributed by atoms with van der Waals surface area (Å²) in [6.07, 6.45) is 0. The second-order valence-electron chi connectivity index (χ2n) is 5.59. The number of anilines is 1. The minimum Gasteiger partial charge on any atom is -0.327 e. The Kier molecular flexibility index (Phi) is 3.67. The quantitative estimate of drug-likeness (QED) is 0.594. The first-order valence-electron chi connectivity index (χ1n) is 7.80. The highest BCUT2D eigenvalue weighted by molar-refractivity contribution is 5.95. The molecule has 1 heterocycles. The van der Waals surface area contributed by atoms with Crippen LogP contribution in [0, 0.1) is 0 Å². The summed E-state index contributed by atoms with van der Waals surface area (Å²) < 4.78 is 6.02. The fourth-order valence-corrected chi connectivity index (χ4v) is 2.74. The minimum absolute atomic E-state index is 0.406. The van der Waals surface area contributed by atoms with Crippen molar-refractivity contribution in [2.75, 3.05) is 5.32 Å². The average molecular weight is 330 g/mol. The van der Waals surface area contributed by atoms with E-state index >= 15 is 0 Å². The molecule has 4 aromatic rings. The summed E-state index contributed by atoms with van der Waals surface area (Å²) in [4.78, 5) is 24.2. The molecule has 25 heavy (non-hydrogen) atoms. The van der Waals surface area contributed by atoms with Gasteiger partial charge in [-0.15, -0.1) is 4.74 Å². The topological polar surface area (TPSA) is 64.2 Å². The average Bonchev–Trinajstić information content (AvgIpc) is 3.04. The molecule has 3 aromatic carbocycles. The summed E-state index contributed by atoms with van der Waals surface area (Å²) >= 11 is 0. The fraction of sp³-hybridized carbons (Fsp3) is 0. The number of amides is 1. The molecule has 5 heteroatoms. The van der Waals surface area contributed by atoms with Crippen LogP contribution in [0.4, 0.5) is 10.5 Å². The maximum atomic E-state index is 12.6. The highest BCUT2D eigenvalue weighted by Gasteiger charge is 2.16. The molecule has 0 aliphatic carbocycles. The van der Waals surface area contributed by atoms with Gasteiger partial charge in [-0.2, -0.15) is 0 Å². The number of nitrogens with one attached hydrogen (secondary N) is 1. The molecule has 0 aliphatic rings. The van der Waals surface area contributed by atoms with Gasteiger partial charge >= 0.3 is 11.7 Å². The lowest BCUT2D eigenvalue weighted by molar-refractivity contribution is 0.220. The molecule has 0 fully saturated rings. The maximum absolute atomic E-state index is 12.6. The molecule has 1 amide bonds. The summed E-state index contributed by atoms with van der Waals surface area (Å²) in [7, 11) is 0. The van der Waals surface area contributed by atoms with Crippen LogP contribution in [0.3, 0.4) is 0 Å². The third-order valence-electron chi connectivity index (χ3n) is 3.91. The molecule has 122 valence electrons. The third kappa shape index (κ3) is 2.95. The highest BCUT2D eigenvalue weighted by Crippen LogP contribution is 2.21. The van der Waals surface area contributed by atoms with E-state index in [2.05, 4.69) is 5.32 Å². The molecule has 0 spiro atoms. The van der Waals surface area contributed by atoms with Crippen LogP contribution >= 0.6 is 0 Å². The van der Waals surface area contributed by atoms with E-state index in [1.807, 2.05) is 72.8 Å². The van der Waals surface area contributed by atoms with Crippen molar-refractivity contribution in [3.8, 4) is 11.3 Å². The standard InChI is InChI=1S/C20H14N2O3/c23-19-13-18(15-7-2-1-3-8-15)22(25-19)20(24)21-17-11-10-14-6-4-5-9-16(14)12-17/h1-13H,(H,21,24). The Bertz CT molecular complexity index is 1110. The molecule has 0 aliphatic heterocycles. The monoisotopic (exact) mass is 330 g/mol. The van der Waals surface area contributed by atoms with Gasteiger partial charge in [-0.3, -0.25) is 0 Å². The molecule has 1 aromatic heterocycles. The molecule has 0 unspecified atom stereocenters. The van der Waals surface area contributed by atoms with E-state index in [9.17, 15) is 9.59 Å². The van der Waals surface area contributed by atoms with Crippen molar-refractivity contribution in [2.24, 2.45) is 0 Å². The first-order valence-corrected chi connectivity index (χ1v) is 7.80. The summed E-state index contributed by atoms with van der Waals surface area (Å²) in [5, 5.41) is 4.86. The van der Waals surface area contributed by atoms with Crippen LogP contribution in [0.25, 0.3) is 22.0 Å². The number of carbonyl (C=O) groups is 1. The number of hydrogen-bond acceptors (Lipinski definition) is 3. The molecule has 0 bridgehead atoms.